The van der Waals surface area contributed by atoms with Gasteiger partial charge in [0, 0.05) is 16.7 Å². The van der Waals surface area contributed by atoms with E-state index in [2.05, 4.69) is 83.0 Å². The van der Waals surface area contributed by atoms with Crippen LogP contribution in [-0.4, -0.2) is 15.7 Å². The highest BCUT2D eigenvalue weighted by Gasteiger charge is 2.13. The number of aryl methyl sites for hydroxylation is 1. The van der Waals surface area contributed by atoms with Gasteiger partial charge in [0.05, 0.1) is 5.39 Å². The number of nitrogens with zero attached hydrogens (tertiary/aromatic N) is 2. The van der Waals surface area contributed by atoms with Crippen LogP contribution in [0.3, 0.4) is 0 Å². The third-order valence-electron chi connectivity index (χ3n) is 4.12. The highest BCUT2D eigenvalue weighted by molar-refractivity contribution is 7.99. The molecule has 2 aromatic heterocycles. The smallest absolute Gasteiger partial charge is 0.128 e. The van der Waals surface area contributed by atoms with Crippen molar-refractivity contribution < 1.29 is 0 Å². The molecular formula is C22H18N2S2. The van der Waals surface area contributed by atoms with Crippen molar-refractivity contribution >= 4 is 39.4 Å². The van der Waals surface area contributed by atoms with Crippen molar-refractivity contribution in [2.24, 2.45) is 0 Å². The first kappa shape index (κ1) is 17.0. The Morgan fingerprint density at radius 2 is 1.81 bits per heavy atom. The van der Waals surface area contributed by atoms with E-state index in [0.717, 1.165) is 15.6 Å². The summed E-state index contributed by atoms with van der Waals surface area (Å²) in [5.41, 5.74) is 4.93. The van der Waals surface area contributed by atoms with Crippen LogP contribution in [-0.2, 0) is 0 Å². The number of thiophene rings is 1. The molecule has 0 spiro atoms. The fourth-order valence-electron chi connectivity index (χ4n) is 2.78. The van der Waals surface area contributed by atoms with E-state index in [4.69, 9.17) is 0 Å². The third-order valence-corrected chi connectivity index (χ3v) is 5.95. The summed E-state index contributed by atoms with van der Waals surface area (Å²) in [7, 11) is 0. The molecule has 0 N–H and O–H groups in total. The van der Waals surface area contributed by atoms with Gasteiger partial charge in [-0.15, -0.1) is 23.1 Å². The first-order valence-corrected chi connectivity index (χ1v) is 10.3. The average molecular weight is 375 g/mol. The molecule has 0 saturated carbocycles. The summed E-state index contributed by atoms with van der Waals surface area (Å²) in [6.07, 6.45) is 6.01. The molecule has 0 unspecified atom stereocenters. The van der Waals surface area contributed by atoms with Gasteiger partial charge in [0.1, 0.15) is 16.2 Å². The number of thioether (sulfide) groups is 1. The summed E-state index contributed by atoms with van der Waals surface area (Å²) in [5, 5.41) is 4.40. The van der Waals surface area contributed by atoms with Crippen LogP contribution in [0.5, 0.6) is 0 Å². The number of aromatic nitrogens is 2. The lowest BCUT2D eigenvalue weighted by molar-refractivity contribution is 1.11. The molecule has 0 amide bonds. The molecule has 0 bridgehead atoms. The van der Waals surface area contributed by atoms with Crippen molar-refractivity contribution in [1.82, 2.24) is 9.97 Å². The van der Waals surface area contributed by atoms with Gasteiger partial charge in [0.25, 0.3) is 0 Å². The molecule has 4 heteroatoms. The van der Waals surface area contributed by atoms with Gasteiger partial charge in [0.2, 0.25) is 0 Å². The highest BCUT2D eigenvalue weighted by Crippen LogP contribution is 2.37. The molecule has 128 valence electrons. The molecule has 2 heterocycles. The number of rotatable bonds is 5. The first-order valence-electron chi connectivity index (χ1n) is 8.45. The molecule has 4 aromatic rings. The van der Waals surface area contributed by atoms with Crippen molar-refractivity contribution in [3.63, 3.8) is 0 Å². The van der Waals surface area contributed by atoms with Gasteiger partial charge in [-0.05, 0) is 18.1 Å². The van der Waals surface area contributed by atoms with E-state index in [0.29, 0.717) is 0 Å². The molecule has 26 heavy (non-hydrogen) atoms. The summed E-state index contributed by atoms with van der Waals surface area (Å²) in [6, 6.07) is 19.0. The van der Waals surface area contributed by atoms with E-state index >= 15 is 0 Å². The standard InChI is InChI=1S/C22H18N2S2/c1-16-9-11-18(12-10-16)19-14-26-22-20(19)21(23-15-24-22)25-13-5-8-17-6-3-2-4-7-17/h2-12,14-15H,13H2,1H3. The molecule has 0 saturated heterocycles. The fourth-order valence-corrected chi connectivity index (χ4v) is 4.58. The number of hydrogen-bond donors (Lipinski definition) is 0. The zero-order valence-electron chi connectivity index (χ0n) is 14.4. The van der Waals surface area contributed by atoms with Gasteiger partial charge in [-0.2, -0.15) is 0 Å². The Bertz CT molecular complexity index is 1030. The number of hydrogen-bond acceptors (Lipinski definition) is 4. The van der Waals surface area contributed by atoms with Crippen molar-refractivity contribution in [3.8, 4) is 11.1 Å². The summed E-state index contributed by atoms with van der Waals surface area (Å²) in [6.45, 7) is 2.11. The molecule has 2 aromatic carbocycles. The topological polar surface area (TPSA) is 25.8 Å². The normalized spacial score (nSPS) is 11.4. The maximum Gasteiger partial charge on any atom is 0.128 e. The predicted octanol–water partition coefficient (Wildman–Crippen LogP) is 6.47. The van der Waals surface area contributed by atoms with Gasteiger partial charge >= 0.3 is 0 Å². The average Bonchev–Trinajstić information content (AvgIpc) is 3.12. The molecular weight excluding hydrogens is 356 g/mol. The summed E-state index contributed by atoms with van der Waals surface area (Å²) in [5.74, 6) is 0.879. The van der Waals surface area contributed by atoms with Crippen LogP contribution in [0, 0.1) is 6.92 Å². The van der Waals surface area contributed by atoms with E-state index < -0.39 is 0 Å². The number of benzene rings is 2. The number of fused-ring (bicyclic) bond motifs is 1. The quantitative estimate of drug-likeness (QED) is 0.296. The zero-order valence-corrected chi connectivity index (χ0v) is 16.1. The molecule has 0 fully saturated rings. The monoisotopic (exact) mass is 374 g/mol. The van der Waals surface area contributed by atoms with Crippen LogP contribution < -0.4 is 0 Å². The molecule has 2 nitrogen and oxygen atoms in total. The Kier molecular flexibility index (Phi) is 5.14. The molecule has 0 aliphatic heterocycles. The van der Waals surface area contributed by atoms with Crippen LogP contribution in [0.25, 0.3) is 27.4 Å². The van der Waals surface area contributed by atoms with E-state index in [-0.39, 0.29) is 0 Å². The Morgan fingerprint density at radius 1 is 1.00 bits per heavy atom. The Hall–Kier alpha value is -2.43. The molecule has 0 atom stereocenters. The molecule has 0 aliphatic carbocycles. The van der Waals surface area contributed by atoms with Gasteiger partial charge in [-0.3, -0.25) is 0 Å². The van der Waals surface area contributed by atoms with Gasteiger partial charge in [-0.1, -0.05) is 72.3 Å². The van der Waals surface area contributed by atoms with E-state index in [9.17, 15) is 0 Å². The summed E-state index contributed by atoms with van der Waals surface area (Å²) >= 11 is 3.44. The van der Waals surface area contributed by atoms with Crippen molar-refractivity contribution in [1.29, 1.82) is 0 Å². The zero-order chi connectivity index (χ0) is 17.8. The second-order valence-electron chi connectivity index (χ2n) is 6.00. The van der Waals surface area contributed by atoms with Crippen molar-refractivity contribution in [2.45, 2.75) is 11.9 Å². The highest BCUT2D eigenvalue weighted by atomic mass is 32.2. The largest absolute Gasteiger partial charge is 0.229 e. The second kappa shape index (κ2) is 7.85. The third kappa shape index (κ3) is 3.71. The predicted molar refractivity (Wildman–Crippen MR) is 114 cm³/mol. The molecule has 0 aliphatic rings. The van der Waals surface area contributed by atoms with Crippen molar-refractivity contribution in [3.05, 3.63) is 83.5 Å². The summed E-state index contributed by atoms with van der Waals surface area (Å²) in [4.78, 5) is 10.1. The SMILES string of the molecule is Cc1ccc(-c2csc3ncnc(SCC=Cc4ccccc4)c23)cc1. The molecule has 4 rings (SSSR count). The minimum Gasteiger partial charge on any atom is -0.229 e. The van der Waals surface area contributed by atoms with Crippen LogP contribution in [0.2, 0.25) is 0 Å². The van der Waals surface area contributed by atoms with E-state index in [1.165, 1.54) is 27.6 Å². The maximum absolute atomic E-state index is 4.55. The Morgan fingerprint density at radius 3 is 2.62 bits per heavy atom. The minimum absolute atomic E-state index is 0.879. The summed E-state index contributed by atoms with van der Waals surface area (Å²) < 4.78 is 0. The van der Waals surface area contributed by atoms with Crippen LogP contribution in [0.1, 0.15) is 11.1 Å². The first-order chi connectivity index (χ1) is 12.8. The van der Waals surface area contributed by atoms with Crippen LogP contribution in [0.15, 0.2) is 77.4 Å². The Labute approximate surface area is 161 Å². The lowest BCUT2D eigenvalue weighted by Gasteiger charge is -2.04. The fraction of sp³-hybridized carbons (Fsp3) is 0.0909. The Balaban J connectivity index is 1.60. The second-order valence-corrected chi connectivity index (χ2v) is 7.87. The lowest BCUT2D eigenvalue weighted by Crippen LogP contribution is -1.86. The van der Waals surface area contributed by atoms with Crippen molar-refractivity contribution in [2.75, 3.05) is 5.75 Å². The van der Waals surface area contributed by atoms with Crippen LogP contribution in [0.4, 0.5) is 0 Å². The van der Waals surface area contributed by atoms with E-state index in [1.54, 1.807) is 29.4 Å². The maximum atomic E-state index is 4.55. The lowest BCUT2D eigenvalue weighted by atomic mass is 10.1. The van der Waals surface area contributed by atoms with E-state index in [1.807, 2.05) is 6.07 Å². The van der Waals surface area contributed by atoms with Crippen LogP contribution >= 0.6 is 23.1 Å². The molecule has 0 radical (unpaired) electrons. The van der Waals surface area contributed by atoms with Gasteiger partial charge in [0.15, 0.2) is 0 Å². The minimum atomic E-state index is 0.879. The van der Waals surface area contributed by atoms with Gasteiger partial charge < -0.3 is 0 Å². The van der Waals surface area contributed by atoms with Gasteiger partial charge in [-0.25, -0.2) is 9.97 Å².